The molecule has 0 aromatic heterocycles. The van der Waals surface area contributed by atoms with Crippen LogP contribution in [0.1, 0.15) is 45.7 Å². The third-order valence-corrected chi connectivity index (χ3v) is 9.67. The number of alkyl halides is 1. The number of benzene rings is 1. The topological polar surface area (TPSA) is 54.5 Å². The van der Waals surface area contributed by atoms with Crippen molar-refractivity contribution in [1.82, 2.24) is 4.31 Å². The average molecular weight is 537 g/mol. The predicted octanol–water partition coefficient (Wildman–Crippen LogP) is 6.67. The zero-order chi connectivity index (χ0) is 24.0. The van der Waals surface area contributed by atoms with Crippen molar-refractivity contribution in [3.05, 3.63) is 68.7 Å². The lowest BCUT2D eigenvalue weighted by molar-refractivity contribution is -0.115. The van der Waals surface area contributed by atoms with Crippen LogP contribution in [0.15, 0.2) is 53.1 Å². The molecular weight excluding hydrogens is 512 g/mol. The van der Waals surface area contributed by atoms with Gasteiger partial charge in [0, 0.05) is 23.1 Å². The molecule has 1 aromatic rings. The molecule has 174 valence electrons. The quantitative estimate of drug-likeness (QED) is 0.395. The van der Waals surface area contributed by atoms with Gasteiger partial charge in [0.05, 0.1) is 21.5 Å². The summed E-state index contributed by atoms with van der Waals surface area (Å²) in [5.74, 6) is -0.138. The van der Waals surface area contributed by atoms with E-state index >= 15 is 0 Å². The molecule has 0 radical (unpaired) electrons. The Hall–Kier alpha value is -0.820. The van der Waals surface area contributed by atoms with Gasteiger partial charge in [0.1, 0.15) is 5.25 Å². The molecule has 1 aliphatic carbocycles. The van der Waals surface area contributed by atoms with Crippen molar-refractivity contribution in [3.63, 3.8) is 0 Å². The first-order chi connectivity index (χ1) is 14.8. The lowest BCUT2D eigenvalue weighted by Crippen LogP contribution is -2.50. The van der Waals surface area contributed by atoms with Crippen molar-refractivity contribution in [2.24, 2.45) is 5.41 Å². The first kappa shape index (κ1) is 25.8. The van der Waals surface area contributed by atoms with Gasteiger partial charge < -0.3 is 0 Å². The number of hydrogen-bond donors (Lipinski definition) is 0. The lowest BCUT2D eigenvalue weighted by atomic mass is 9.87. The normalized spacial score (nSPS) is 26.8. The maximum atomic E-state index is 14.1. The highest BCUT2D eigenvalue weighted by Crippen LogP contribution is 2.48. The maximum absolute atomic E-state index is 14.1. The summed E-state index contributed by atoms with van der Waals surface area (Å²) in [6, 6.07) is 3.43. The van der Waals surface area contributed by atoms with Gasteiger partial charge in [-0.1, -0.05) is 86.8 Å². The molecule has 3 rings (SSSR count). The number of ketones is 1. The van der Waals surface area contributed by atoms with Gasteiger partial charge in [-0.25, -0.2) is 8.42 Å². The van der Waals surface area contributed by atoms with Gasteiger partial charge in [0.25, 0.3) is 0 Å². The molecule has 32 heavy (non-hydrogen) atoms. The van der Waals surface area contributed by atoms with Crippen molar-refractivity contribution < 1.29 is 13.2 Å². The van der Waals surface area contributed by atoms with E-state index in [0.717, 1.165) is 0 Å². The number of hydrogen-bond acceptors (Lipinski definition) is 3. The molecule has 0 saturated carbocycles. The van der Waals surface area contributed by atoms with Gasteiger partial charge in [0.15, 0.2) is 5.78 Å². The Morgan fingerprint density at radius 3 is 2.31 bits per heavy atom. The number of Topliss-reactive ketones (excluding diaryl/α,β-unsaturated/α-hetero) is 1. The van der Waals surface area contributed by atoms with Gasteiger partial charge in [-0.3, -0.25) is 4.79 Å². The Morgan fingerprint density at radius 2 is 1.78 bits per heavy atom. The molecule has 0 spiro atoms. The van der Waals surface area contributed by atoms with Crippen LogP contribution >= 0.6 is 46.4 Å². The largest absolute Gasteiger partial charge is 0.295 e. The van der Waals surface area contributed by atoms with Gasteiger partial charge >= 0.3 is 0 Å². The SMILES string of the molecule is CCC(=O)C1=CC(C(C)(C)C)N(S(=O)(=O)C2C(Cl)=CC=CC2Cl)C1c1ccc(Cl)c(Cl)c1. The van der Waals surface area contributed by atoms with Crippen LogP contribution < -0.4 is 0 Å². The van der Waals surface area contributed by atoms with Gasteiger partial charge in [0.2, 0.25) is 10.0 Å². The molecule has 4 nitrogen and oxygen atoms in total. The minimum Gasteiger partial charge on any atom is -0.295 e. The van der Waals surface area contributed by atoms with E-state index in [1.807, 2.05) is 20.8 Å². The summed E-state index contributed by atoms with van der Waals surface area (Å²) in [6.45, 7) is 7.54. The van der Waals surface area contributed by atoms with Gasteiger partial charge in [-0.05, 0) is 29.2 Å². The Labute approximate surface area is 209 Å². The monoisotopic (exact) mass is 535 g/mol. The molecule has 0 N–H and O–H groups in total. The molecule has 1 heterocycles. The van der Waals surface area contributed by atoms with Crippen LogP contribution in [0.4, 0.5) is 0 Å². The van der Waals surface area contributed by atoms with E-state index in [1.54, 1.807) is 43.4 Å². The maximum Gasteiger partial charge on any atom is 0.225 e. The number of sulfonamides is 1. The van der Waals surface area contributed by atoms with Crippen molar-refractivity contribution in [2.75, 3.05) is 0 Å². The average Bonchev–Trinajstić information content (AvgIpc) is 3.11. The van der Waals surface area contributed by atoms with Crippen LogP contribution in [0.3, 0.4) is 0 Å². The van der Waals surface area contributed by atoms with E-state index in [1.165, 1.54) is 10.4 Å². The van der Waals surface area contributed by atoms with Crippen molar-refractivity contribution in [2.45, 2.75) is 56.8 Å². The van der Waals surface area contributed by atoms with Crippen LogP contribution in [0.5, 0.6) is 0 Å². The number of halogens is 4. The standard InChI is InChI=1S/C23H25Cl4NO3S/c1-5-19(29)14-12-20(23(2,3)4)28(21(14)13-9-10-15(24)18(27)11-13)32(30,31)22-16(25)7-6-8-17(22)26/h6-12,16,20-22H,5H2,1-4H3. The summed E-state index contributed by atoms with van der Waals surface area (Å²) in [6.07, 6.45) is 6.76. The minimum atomic E-state index is -4.12. The number of carbonyl (C=O) groups excluding carboxylic acids is 1. The smallest absolute Gasteiger partial charge is 0.225 e. The lowest BCUT2D eigenvalue weighted by Gasteiger charge is -2.40. The van der Waals surface area contributed by atoms with Crippen molar-refractivity contribution in [3.8, 4) is 0 Å². The fourth-order valence-electron chi connectivity index (χ4n) is 4.07. The second kappa shape index (κ2) is 9.44. The number of rotatable bonds is 5. The number of carbonyl (C=O) groups is 1. The highest BCUT2D eigenvalue weighted by Gasteiger charge is 2.52. The highest BCUT2D eigenvalue weighted by molar-refractivity contribution is 7.90. The molecular formula is C23H25Cl4NO3S. The van der Waals surface area contributed by atoms with Crippen molar-refractivity contribution >= 4 is 62.2 Å². The third kappa shape index (κ3) is 4.70. The van der Waals surface area contributed by atoms with Crippen LogP contribution in [0, 0.1) is 5.41 Å². The fraction of sp³-hybridized carbons (Fsp3) is 0.435. The second-order valence-electron chi connectivity index (χ2n) is 8.96. The van der Waals surface area contributed by atoms with Crippen molar-refractivity contribution in [1.29, 1.82) is 0 Å². The second-order valence-corrected chi connectivity index (χ2v) is 12.7. The van der Waals surface area contributed by atoms with E-state index in [4.69, 9.17) is 46.4 Å². The zero-order valence-corrected chi connectivity index (χ0v) is 22.0. The van der Waals surface area contributed by atoms with Crippen LogP contribution in [0.2, 0.25) is 10.0 Å². The Kier molecular flexibility index (Phi) is 7.61. The zero-order valence-electron chi connectivity index (χ0n) is 18.2. The predicted molar refractivity (Wildman–Crippen MR) is 133 cm³/mol. The molecule has 1 aliphatic heterocycles. The molecule has 2 aliphatic rings. The summed E-state index contributed by atoms with van der Waals surface area (Å²) in [5, 5.41) is -1.28. The van der Waals surface area contributed by atoms with Gasteiger partial charge in [-0.15, -0.1) is 11.6 Å². The summed E-state index contributed by atoms with van der Waals surface area (Å²) >= 11 is 25.2. The molecule has 9 heteroatoms. The van der Waals surface area contributed by atoms with E-state index in [2.05, 4.69) is 0 Å². The third-order valence-electron chi connectivity index (χ3n) is 5.68. The Balaban J connectivity index is 2.27. The molecule has 4 unspecified atom stereocenters. The summed E-state index contributed by atoms with van der Waals surface area (Å²) < 4.78 is 29.7. The first-order valence-electron chi connectivity index (χ1n) is 10.2. The van der Waals surface area contributed by atoms with Crippen LogP contribution in [-0.2, 0) is 14.8 Å². The Bertz CT molecular complexity index is 1120. The molecule has 0 amide bonds. The molecule has 0 bridgehead atoms. The molecule has 0 fully saturated rings. The van der Waals surface area contributed by atoms with E-state index in [9.17, 15) is 13.2 Å². The summed E-state index contributed by atoms with van der Waals surface area (Å²) in [4.78, 5) is 13.0. The number of allylic oxidation sites excluding steroid dienone is 3. The molecule has 1 aromatic carbocycles. The number of nitrogens with zero attached hydrogens (tertiary/aromatic N) is 1. The Morgan fingerprint density at radius 1 is 1.12 bits per heavy atom. The molecule has 4 atom stereocenters. The molecule has 0 saturated heterocycles. The van der Waals surface area contributed by atoms with E-state index in [0.29, 0.717) is 16.2 Å². The van der Waals surface area contributed by atoms with E-state index in [-0.39, 0.29) is 22.3 Å². The first-order valence-corrected chi connectivity index (χ1v) is 13.3. The van der Waals surface area contributed by atoms with E-state index < -0.39 is 38.1 Å². The minimum absolute atomic E-state index is 0.128. The van der Waals surface area contributed by atoms with Crippen LogP contribution in [0.25, 0.3) is 0 Å². The summed E-state index contributed by atoms with van der Waals surface area (Å²) in [7, 11) is -4.12. The fourth-order valence-corrected chi connectivity index (χ4v) is 7.86. The van der Waals surface area contributed by atoms with Gasteiger partial charge in [-0.2, -0.15) is 4.31 Å². The van der Waals surface area contributed by atoms with Crippen LogP contribution in [-0.4, -0.2) is 35.2 Å². The highest BCUT2D eigenvalue weighted by atomic mass is 35.5. The summed E-state index contributed by atoms with van der Waals surface area (Å²) in [5.41, 5.74) is 0.451.